The van der Waals surface area contributed by atoms with E-state index in [2.05, 4.69) is 4.98 Å². The molecule has 1 aliphatic rings. The maximum atomic E-state index is 12.6. The molecule has 0 amide bonds. The predicted octanol–water partition coefficient (Wildman–Crippen LogP) is 1.62. The first kappa shape index (κ1) is 13.3. The van der Waals surface area contributed by atoms with Crippen LogP contribution in [0.4, 0.5) is 5.69 Å². The molecule has 0 radical (unpaired) electrons. The number of aromatic nitrogens is 1. The monoisotopic (exact) mass is 269 g/mol. The zero-order valence-corrected chi connectivity index (χ0v) is 11.4. The molecule has 1 atom stereocenters. The highest BCUT2D eigenvalue weighted by Crippen LogP contribution is 2.25. The fourth-order valence-corrected chi connectivity index (χ4v) is 4.07. The molecule has 1 aromatic heterocycles. The average molecular weight is 269 g/mol. The maximum Gasteiger partial charge on any atom is 0.262 e. The third-order valence-corrected chi connectivity index (χ3v) is 5.34. The molecule has 1 aromatic rings. The third-order valence-electron chi connectivity index (χ3n) is 3.35. The van der Waals surface area contributed by atoms with Crippen LogP contribution in [-0.4, -0.2) is 30.3 Å². The van der Waals surface area contributed by atoms with Gasteiger partial charge in [0, 0.05) is 18.8 Å². The summed E-state index contributed by atoms with van der Waals surface area (Å²) in [5.41, 5.74) is 5.95. The van der Waals surface area contributed by atoms with Gasteiger partial charge >= 0.3 is 0 Å². The largest absolute Gasteiger partial charge is 0.396 e. The van der Waals surface area contributed by atoms with Gasteiger partial charge in [-0.25, -0.2) is 13.4 Å². The van der Waals surface area contributed by atoms with Crippen molar-refractivity contribution in [1.29, 1.82) is 0 Å². The minimum absolute atomic E-state index is 0.0129. The van der Waals surface area contributed by atoms with Crippen molar-refractivity contribution in [3.05, 3.63) is 18.3 Å². The molecule has 18 heavy (non-hydrogen) atoms. The van der Waals surface area contributed by atoms with E-state index in [9.17, 15) is 8.42 Å². The van der Waals surface area contributed by atoms with Gasteiger partial charge in [-0.15, -0.1) is 0 Å². The van der Waals surface area contributed by atoms with E-state index in [1.54, 1.807) is 16.4 Å². The maximum absolute atomic E-state index is 12.6. The van der Waals surface area contributed by atoms with Gasteiger partial charge in [-0.1, -0.05) is 12.8 Å². The molecule has 6 heteroatoms. The molecule has 1 saturated heterocycles. The Hall–Kier alpha value is -1.14. The Morgan fingerprint density at radius 2 is 2.17 bits per heavy atom. The van der Waals surface area contributed by atoms with Gasteiger partial charge in [0.15, 0.2) is 5.03 Å². The zero-order chi connectivity index (χ0) is 13.2. The molecular formula is C12H19N3O2S. The highest BCUT2D eigenvalue weighted by Gasteiger charge is 2.32. The molecule has 2 rings (SSSR count). The van der Waals surface area contributed by atoms with Crippen LogP contribution < -0.4 is 5.73 Å². The molecule has 1 aliphatic heterocycles. The van der Waals surface area contributed by atoms with Gasteiger partial charge in [0.1, 0.15) is 0 Å². The summed E-state index contributed by atoms with van der Waals surface area (Å²) in [4.78, 5) is 3.94. The third kappa shape index (κ3) is 2.49. The fraction of sp³-hybridized carbons (Fsp3) is 0.583. The highest BCUT2D eigenvalue weighted by atomic mass is 32.2. The lowest BCUT2D eigenvalue weighted by atomic mass is 10.1. The summed E-state index contributed by atoms with van der Waals surface area (Å²) in [5.74, 6) is 0. The van der Waals surface area contributed by atoms with Gasteiger partial charge in [-0.05, 0) is 31.9 Å². The van der Waals surface area contributed by atoms with Crippen LogP contribution in [0.3, 0.4) is 0 Å². The Kier molecular flexibility index (Phi) is 3.87. The lowest BCUT2D eigenvalue weighted by Crippen LogP contribution is -2.38. The summed E-state index contributed by atoms with van der Waals surface area (Å²) in [7, 11) is -3.57. The normalized spacial score (nSPS) is 22.6. The molecule has 0 saturated carbocycles. The fourth-order valence-electron chi connectivity index (χ4n) is 2.34. The number of pyridine rings is 1. The van der Waals surface area contributed by atoms with Crippen LogP contribution in [-0.2, 0) is 10.0 Å². The first-order chi connectivity index (χ1) is 8.53. The van der Waals surface area contributed by atoms with Crippen LogP contribution in [0.15, 0.2) is 23.4 Å². The molecular weight excluding hydrogens is 250 g/mol. The second kappa shape index (κ2) is 5.24. The van der Waals surface area contributed by atoms with E-state index in [1.165, 1.54) is 6.20 Å². The summed E-state index contributed by atoms with van der Waals surface area (Å²) < 4.78 is 26.6. The number of anilines is 1. The highest BCUT2D eigenvalue weighted by molar-refractivity contribution is 7.89. The first-order valence-electron chi connectivity index (χ1n) is 6.26. The van der Waals surface area contributed by atoms with Crippen molar-refractivity contribution in [2.24, 2.45) is 0 Å². The number of hydrogen-bond donors (Lipinski definition) is 1. The van der Waals surface area contributed by atoms with Crippen molar-refractivity contribution in [3.8, 4) is 0 Å². The minimum atomic E-state index is -3.57. The molecule has 2 N–H and O–H groups in total. The second-order valence-electron chi connectivity index (χ2n) is 4.71. The standard InChI is InChI=1S/C12H19N3O2S/c1-10-6-3-2-4-9-15(10)18(16,17)12-11(13)7-5-8-14-12/h5,7-8,10H,2-4,6,9,13H2,1H3. The second-order valence-corrected chi connectivity index (χ2v) is 6.52. The van der Waals surface area contributed by atoms with Crippen LogP contribution in [0.2, 0.25) is 0 Å². The SMILES string of the molecule is CC1CCCCCN1S(=O)(=O)c1ncccc1N. The molecule has 0 bridgehead atoms. The quantitative estimate of drug-likeness (QED) is 0.885. The van der Waals surface area contributed by atoms with Crippen LogP contribution >= 0.6 is 0 Å². The number of nitrogen functional groups attached to an aromatic ring is 1. The number of nitrogens with two attached hydrogens (primary N) is 1. The van der Waals surface area contributed by atoms with Crippen LogP contribution in [0.25, 0.3) is 0 Å². The molecule has 100 valence electrons. The Morgan fingerprint density at radius 3 is 2.89 bits per heavy atom. The van der Waals surface area contributed by atoms with E-state index in [1.807, 2.05) is 6.92 Å². The number of sulfonamides is 1. The molecule has 2 heterocycles. The molecule has 1 unspecified atom stereocenters. The first-order valence-corrected chi connectivity index (χ1v) is 7.70. The van der Waals surface area contributed by atoms with Gasteiger partial charge < -0.3 is 5.73 Å². The zero-order valence-electron chi connectivity index (χ0n) is 10.5. The summed E-state index contributed by atoms with van der Waals surface area (Å²) in [6.07, 6.45) is 5.41. The lowest BCUT2D eigenvalue weighted by Gasteiger charge is -2.26. The minimum Gasteiger partial charge on any atom is -0.396 e. The molecule has 0 aromatic carbocycles. The van der Waals surface area contributed by atoms with Gasteiger partial charge in [-0.3, -0.25) is 0 Å². The Bertz CT molecular complexity index is 516. The summed E-state index contributed by atoms with van der Waals surface area (Å²) >= 11 is 0. The van der Waals surface area contributed by atoms with E-state index in [-0.39, 0.29) is 16.8 Å². The number of hydrogen-bond acceptors (Lipinski definition) is 4. The summed E-state index contributed by atoms with van der Waals surface area (Å²) in [6, 6.07) is 3.22. The van der Waals surface area contributed by atoms with Crippen molar-refractivity contribution >= 4 is 15.7 Å². The van der Waals surface area contributed by atoms with Gasteiger partial charge in [0.05, 0.1) is 5.69 Å². The number of nitrogens with zero attached hydrogens (tertiary/aromatic N) is 2. The van der Waals surface area contributed by atoms with E-state index in [0.29, 0.717) is 6.54 Å². The number of rotatable bonds is 2. The van der Waals surface area contributed by atoms with Crippen LogP contribution in [0.1, 0.15) is 32.6 Å². The smallest absolute Gasteiger partial charge is 0.262 e. The summed E-state index contributed by atoms with van der Waals surface area (Å²) in [5, 5.41) is -0.0150. The average Bonchev–Trinajstić information content (AvgIpc) is 2.54. The lowest BCUT2D eigenvalue weighted by molar-refractivity contribution is 0.341. The van der Waals surface area contributed by atoms with Gasteiger partial charge in [0.25, 0.3) is 10.0 Å². The molecule has 1 fully saturated rings. The predicted molar refractivity (Wildman–Crippen MR) is 70.5 cm³/mol. The van der Waals surface area contributed by atoms with Crippen LogP contribution in [0, 0.1) is 0 Å². The van der Waals surface area contributed by atoms with E-state index in [0.717, 1.165) is 25.7 Å². The van der Waals surface area contributed by atoms with Crippen molar-refractivity contribution in [1.82, 2.24) is 9.29 Å². The molecule has 0 spiro atoms. The van der Waals surface area contributed by atoms with E-state index < -0.39 is 10.0 Å². The Morgan fingerprint density at radius 1 is 1.39 bits per heavy atom. The Labute approximate surface area is 108 Å². The van der Waals surface area contributed by atoms with E-state index in [4.69, 9.17) is 5.73 Å². The Balaban J connectivity index is 2.38. The van der Waals surface area contributed by atoms with Crippen molar-refractivity contribution in [2.45, 2.75) is 43.7 Å². The van der Waals surface area contributed by atoms with Gasteiger partial charge in [0.2, 0.25) is 0 Å². The van der Waals surface area contributed by atoms with Crippen molar-refractivity contribution in [3.63, 3.8) is 0 Å². The van der Waals surface area contributed by atoms with Crippen molar-refractivity contribution in [2.75, 3.05) is 12.3 Å². The topological polar surface area (TPSA) is 76.3 Å². The van der Waals surface area contributed by atoms with Gasteiger partial charge in [-0.2, -0.15) is 4.31 Å². The van der Waals surface area contributed by atoms with Crippen molar-refractivity contribution < 1.29 is 8.42 Å². The summed E-state index contributed by atoms with van der Waals surface area (Å²) in [6.45, 7) is 2.50. The molecule has 0 aliphatic carbocycles. The van der Waals surface area contributed by atoms with Crippen LogP contribution in [0.5, 0.6) is 0 Å². The van der Waals surface area contributed by atoms with E-state index >= 15 is 0 Å². The molecule has 5 nitrogen and oxygen atoms in total.